The van der Waals surface area contributed by atoms with Crippen LogP contribution in [0, 0.1) is 5.92 Å². The highest BCUT2D eigenvalue weighted by Crippen LogP contribution is 2.37. The molecule has 0 spiro atoms. The van der Waals surface area contributed by atoms with Crippen LogP contribution < -0.4 is 20.3 Å². The Bertz CT molecular complexity index is 1460. The maximum absolute atomic E-state index is 13.9. The molecule has 2 N–H and O–H groups in total. The average Bonchev–Trinajstić information content (AvgIpc) is 3.27. The molecular weight excluding hydrogens is 453 g/mol. The van der Waals surface area contributed by atoms with Crippen LogP contribution in [0.5, 0.6) is 11.5 Å². The Morgan fingerprint density at radius 3 is 2.35 bits per heavy atom. The summed E-state index contributed by atoms with van der Waals surface area (Å²) in [6, 6.07) is 3.64. The number of hydrogen-bond donors (Lipinski definition) is 2. The summed E-state index contributed by atoms with van der Waals surface area (Å²) in [5, 5.41) is 3.76. The van der Waals surface area contributed by atoms with Crippen LogP contribution in [-0.2, 0) is 4.79 Å². The van der Waals surface area contributed by atoms with Crippen LogP contribution in [-0.4, -0.2) is 47.4 Å². The number of carbonyl (C=O) groups is 1. The number of ether oxygens (including phenoxy) is 2. The van der Waals surface area contributed by atoms with Crippen LogP contribution in [0.2, 0.25) is 0 Å². The van der Waals surface area contributed by atoms with Gasteiger partial charge in [0.1, 0.15) is 18.2 Å². The van der Waals surface area contributed by atoms with E-state index in [1.807, 2.05) is 5.32 Å². The number of alkyl halides is 3. The molecule has 1 aromatic carbocycles. The molecule has 1 unspecified atom stereocenters. The van der Waals surface area contributed by atoms with E-state index in [9.17, 15) is 22.8 Å². The Morgan fingerprint density at radius 1 is 1.12 bits per heavy atom. The third kappa shape index (κ3) is 3.91. The topological polar surface area (TPSA) is 98.2 Å². The van der Waals surface area contributed by atoms with E-state index in [1.165, 1.54) is 24.9 Å². The first-order valence-electron chi connectivity index (χ1n) is 10.5. The SMILES string of the molecule is COc1cc2c(=O)n(C(C(=O)NCC(F)(F)F)C(C)C)c3c4cc[nH]c4ncc3c2cc1OC. The molecule has 0 aliphatic heterocycles. The molecule has 8 nitrogen and oxygen atoms in total. The second kappa shape index (κ2) is 8.54. The highest BCUT2D eigenvalue weighted by Gasteiger charge is 2.33. The molecule has 0 fully saturated rings. The summed E-state index contributed by atoms with van der Waals surface area (Å²) >= 11 is 0. The van der Waals surface area contributed by atoms with E-state index in [2.05, 4.69) is 9.97 Å². The van der Waals surface area contributed by atoms with Gasteiger partial charge in [-0.3, -0.25) is 14.2 Å². The van der Waals surface area contributed by atoms with Crippen molar-refractivity contribution in [2.75, 3.05) is 20.8 Å². The third-order valence-corrected chi connectivity index (χ3v) is 5.70. The molecule has 4 rings (SSSR count). The lowest BCUT2D eigenvalue weighted by Gasteiger charge is -2.26. The van der Waals surface area contributed by atoms with Gasteiger partial charge in [-0.2, -0.15) is 13.2 Å². The zero-order valence-electron chi connectivity index (χ0n) is 18.9. The predicted octanol–water partition coefficient (Wildman–Crippen LogP) is 3.92. The molecular formula is C23H23F3N4O4. The van der Waals surface area contributed by atoms with Gasteiger partial charge >= 0.3 is 6.18 Å². The second-order valence-electron chi connectivity index (χ2n) is 8.21. The summed E-state index contributed by atoms with van der Waals surface area (Å²) in [5.41, 5.74) is 0.313. The lowest BCUT2D eigenvalue weighted by molar-refractivity contribution is -0.141. The fraction of sp³-hybridized carbons (Fsp3) is 0.348. The first kappa shape index (κ1) is 23.4. The van der Waals surface area contributed by atoms with Gasteiger partial charge in [-0.05, 0) is 24.1 Å². The first-order valence-corrected chi connectivity index (χ1v) is 10.5. The fourth-order valence-electron chi connectivity index (χ4n) is 4.24. The molecule has 180 valence electrons. The number of carbonyl (C=O) groups excluding carboxylic acids is 1. The standard InChI is InChI=1S/C23H23F3N4O4/c1-11(2)18(21(31)29-10-23(24,25)26)30-19-12-5-6-27-20(12)28-9-15(19)13-7-16(33-3)17(34-4)8-14(13)22(30)32/h5-9,11,18H,10H2,1-4H3,(H,27,28)(H,29,31). The van der Waals surface area contributed by atoms with Crippen molar-refractivity contribution in [2.24, 2.45) is 5.92 Å². The number of halogens is 3. The smallest absolute Gasteiger partial charge is 0.405 e. The molecule has 3 heterocycles. The summed E-state index contributed by atoms with van der Waals surface area (Å²) in [6.45, 7) is 1.84. The van der Waals surface area contributed by atoms with Crippen molar-refractivity contribution in [1.29, 1.82) is 0 Å². The summed E-state index contributed by atoms with van der Waals surface area (Å²) in [4.78, 5) is 34.3. The summed E-state index contributed by atoms with van der Waals surface area (Å²) < 4.78 is 50.5. The predicted molar refractivity (Wildman–Crippen MR) is 121 cm³/mol. The Balaban J connectivity index is 2.12. The molecule has 1 atom stereocenters. The highest BCUT2D eigenvalue weighted by molar-refractivity contribution is 6.14. The minimum atomic E-state index is -4.59. The lowest BCUT2D eigenvalue weighted by atomic mass is 9.99. The number of nitrogens with zero attached hydrogens (tertiary/aromatic N) is 2. The number of benzene rings is 1. The number of fused-ring (bicyclic) bond motifs is 5. The normalized spacial score (nSPS) is 13.1. The molecule has 0 aliphatic rings. The maximum Gasteiger partial charge on any atom is 0.405 e. The highest BCUT2D eigenvalue weighted by atomic mass is 19.4. The van der Waals surface area contributed by atoms with Crippen LogP contribution in [0.1, 0.15) is 19.9 Å². The van der Waals surface area contributed by atoms with E-state index in [1.54, 1.807) is 38.4 Å². The Morgan fingerprint density at radius 2 is 1.76 bits per heavy atom. The number of H-pyrrole nitrogens is 1. The Kier molecular flexibility index (Phi) is 5.88. The van der Waals surface area contributed by atoms with Gasteiger partial charge in [0.2, 0.25) is 5.91 Å². The zero-order valence-corrected chi connectivity index (χ0v) is 18.9. The van der Waals surface area contributed by atoms with Gasteiger partial charge in [0.25, 0.3) is 5.56 Å². The largest absolute Gasteiger partial charge is 0.493 e. The number of hydrogen-bond acceptors (Lipinski definition) is 5. The molecule has 0 saturated heterocycles. The quantitative estimate of drug-likeness (QED) is 0.411. The number of methoxy groups -OCH3 is 2. The van der Waals surface area contributed by atoms with Crippen LogP contribution in [0.15, 0.2) is 35.4 Å². The third-order valence-electron chi connectivity index (χ3n) is 5.70. The molecule has 1 amide bonds. The molecule has 0 aliphatic carbocycles. The van der Waals surface area contributed by atoms with Gasteiger partial charge in [0, 0.05) is 28.6 Å². The van der Waals surface area contributed by atoms with Crippen molar-refractivity contribution in [1.82, 2.24) is 19.9 Å². The van der Waals surface area contributed by atoms with Crippen LogP contribution in [0.3, 0.4) is 0 Å². The Labute approximate surface area is 191 Å². The van der Waals surface area contributed by atoms with Crippen molar-refractivity contribution >= 4 is 38.6 Å². The van der Waals surface area contributed by atoms with E-state index in [4.69, 9.17) is 9.47 Å². The minimum absolute atomic E-state index is 0.219. The zero-order chi connectivity index (χ0) is 24.8. The molecule has 3 aromatic heterocycles. The molecule has 0 saturated carbocycles. The van der Waals surface area contributed by atoms with Crippen molar-refractivity contribution in [3.05, 3.63) is 40.9 Å². The average molecular weight is 476 g/mol. The maximum atomic E-state index is 13.9. The van der Waals surface area contributed by atoms with Crippen molar-refractivity contribution in [3.63, 3.8) is 0 Å². The van der Waals surface area contributed by atoms with Gasteiger partial charge in [0.05, 0.1) is 25.1 Å². The van der Waals surface area contributed by atoms with E-state index >= 15 is 0 Å². The van der Waals surface area contributed by atoms with Gasteiger partial charge in [-0.1, -0.05) is 13.8 Å². The number of rotatable bonds is 6. The molecule has 0 bridgehead atoms. The summed E-state index contributed by atoms with van der Waals surface area (Å²) in [6.07, 6.45) is -1.39. The Hall–Kier alpha value is -3.76. The van der Waals surface area contributed by atoms with Gasteiger partial charge in [-0.15, -0.1) is 0 Å². The number of pyridine rings is 2. The monoisotopic (exact) mass is 476 g/mol. The van der Waals surface area contributed by atoms with E-state index < -0.39 is 36.1 Å². The summed E-state index contributed by atoms with van der Waals surface area (Å²) in [5.74, 6) is -0.716. The number of aromatic amines is 1. The van der Waals surface area contributed by atoms with E-state index in [0.717, 1.165) is 0 Å². The minimum Gasteiger partial charge on any atom is -0.493 e. The van der Waals surface area contributed by atoms with Gasteiger partial charge in [-0.25, -0.2) is 4.98 Å². The molecule has 0 radical (unpaired) electrons. The van der Waals surface area contributed by atoms with Crippen molar-refractivity contribution < 1.29 is 27.4 Å². The van der Waals surface area contributed by atoms with Crippen LogP contribution >= 0.6 is 0 Å². The fourth-order valence-corrected chi connectivity index (χ4v) is 4.24. The lowest BCUT2D eigenvalue weighted by Crippen LogP contribution is -2.43. The van der Waals surface area contributed by atoms with Crippen LogP contribution in [0.4, 0.5) is 13.2 Å². The van der Waals surface area contributed by atoms with Crippen molar-refractivity contribution in [3.8, 4) is 11.5 Å². The van der Waals surface area contributed by atoms with Gasteiger partial charge < -0.3 is 19.8 Å². The van der Waals surface area contributed by atoms with Gasteiger partial charge in [0.15, 0.2) is 11.5 Å². The number of aromatic nitrogens is 3. The van der Waals surface area contributed by atoms with E-state index in [0.29, 0.717) is 38.8 Å². The van der Waals surface area contributed by atoms with E-state index in [-0.39, 0.29) is 5.39 Å². The first-order chi connectivity index (χ1) is 16.1. The molecule has 34 heavy (non-hydrogen) atoms. The molecule has 4 aromatic rings. The number of nitrogens with one attached hydrogen (secondary N) is 2. The summed E-state index contributed by atoms with van der Waals surface area (Å²) in [7, 11) is 2.89. The van der Waals surface area contributed by atoms with Crippen LogP contribution in [0.25, 0.3) is 32.7 Å². The van der Waals surface area contributed by atoms with Crippen molar-refractivity contribution in [2.45, 2.75) is 26.1 Å². The second-order valence-corrected chi connectivity index (χ2v) is 8.21. The number of amides is 1. The molecule has 11 heteroatoms.